The van der Waals surface area contributed by atoms with Crippen molar-refractivity contribution in [3.63, 3.8) is 0 Å². The van der Waals surface area contributed by atoms with Crippen molar-refractivity contribution in [2.24, 2.45) is 10.9 Å². The number of nitrogens with one attached hydrogen (secondary N) is 1. The van der Waals surface area contributed by atoms with Crippen LogP contribution in [0.1, 0.15) is 30.6 Å². The monoisotopic (exact) mass is 267 g/mol. The zero-order chi connectivity index (χ0) is 14.6. The van der Waals surface area contributed by atoms with Crippen molar-refractivity contribution in [1.29, 1.82) is 0 Å². The largest absolute Gasteiger partial charge is 0.508 e. The molecule has 1 rings (SSSR count). The highest BCUT2D eigenvalue weighted by Crippen LogP contribution is 2.21. The maximum atomic E-state index is 12.0. The molecule has 0 spiro atoms. The second kappa shape index (κ2) is 5.47. The van der Waals surface area contributed by atoms with Gasteiger partial charge in [-0.15, -0.1) is 0 Å². The quantitative estimate of drug-likeness (QED) is 0.238. The van der Waals surface area contributed by atoms with Crippen LogP contribution in [-0.4, -0.2) is 32.7 Å². The molecule has 0 bridgehead atoms. The van der Waals surface area contributed by atoms with E-state index in [2.05, 4.69) is 10.5 Å². The van der Waals surface area contributed by atoms with Gasteiger partial charge >= 0.3 is 0 Å². The molecular formula is C12H17N3O4. The van der Waals surface area contributed by atoms with E-state index < -0.39 is 11.4 Å². The van der Waals surface area contributed by atoms with Gasteiger partial charge in [0.1, 0.15) is 11.5 Å². The van der Waals surface area contributed by atoms with E-state index in [-0.39, 0.29) is 22.9 Å². The van der Waals surface area contributed by atoms with Crippen LogP contribution in [0.5, 0.6) is 11.5 Å². The number of benzene rings is 1. The fourth-order valence-electron chi connectivity index (χ4n) is 1.49. The standard InChI is InChI=1S/C12H17N3O4/c1-3-12(2,11(13)15-19)14-10(18)7-4-8(16)6-9(17)5-7/h4-6,16-17,19H,3H2,1-2H3,(H2,13,15)(H,14,18). The Morgan fingerprint density at radius 1 is 1.37 bits per heavy atom. The molecule has 104 valence electrons. The summed E-state index contributed by atoms with van der Waals surface area (Å²) in [5, 5.41) is 32.8. The number of hydrogen-bond acceptors (Lipinski definition) is 5. The Balaban J connectivity index is 3.01. The van der Waals surface area contributed by atoms with E-state index in [4.69, 9.17) is 10.9 Å². The Morgan fingerprint density at radius 3 is 2.32 bits per heavy atom. The summed E-state index contributed by atoms with van der Waals surface area (Å²) >= 11 is 0. The summed E-state index contributed by atoms with van der Waals surface area (Å²) in [6.45, 7) is 3.36. The lowest BCUT2D eigenvalue weighted by Crippen LogP contribution is -2.55. The summed E-state index contributed by atoms with van der Waals surface area (Å²) in [4.78, 5) is 12.0. The Kier molecular flexibility index (Phi) is 4.21. The normalized spacial score (nSPS) is 14.7. The average Bonchev–Trinajstić information content (AvgIpc) is 2.36. The molecule has 7 nitrogen and oxygen atoms in total. The summed E-state index contributed by atoms with van der Waals surface area (Å²) in [5.41, 5.74) is 4.59. The van der Waals surface area contributed by atoms with E-state index in [9.17, 15) is 15.0 Å². The van der Waals surface area contributed by atoms with Crippen LogP contribution in [0, 0.1) is 0 Å². The van der Waals surface area contributed by atoms with Gasteiger partial charge in [-0.1, -0.05) is 12.1 Å². The molecule has 0 heterocycles. The Bertz CT molecular complexity index is 495. The van der Waals surface area contributed by atoms with E-state index in [0.29, 0.717) is 6.42 Å². The van der Waals surface area contributed by atoms with Crippen molar-refractivity contribution < 1.29 is 20.2 Å². The second-order valence-electron chi connectivity index (χ2n) is 4.36. The molecule has 0 aliphatic carbocycles. The van der Waals surface area contributed by atoms with Gasteiger partial charge in [-0.3, -0.25) is 4.79 Å². The number of rotatable bonds is 4. The lowest BCUT2D eigenvalue weighted by Gasteiger charge is -2.28. The van der Waals surface area contributed by atoms with Crippen molar-refractivity contribution in [2.75, 3.05) is 0 Å². The van der Waals surface area contributed by atoms with Crippen LogP contribution in [0.3, 0.4) is 0 Å². The molecule has 0 radical (unpaired) electrons. The van der Waals surface area contributed by atoms with E-state index in [0.717, 1.165) is 6.07 Å². The average molecular weight is 267 g/mol. The molecular weight excluding hydrogens is 250 g/mol. The van der Waals surface area contributed by atoms with Crippen LogP contribution in [0.25, 0.3) is 0 Å². The first kappa shape index (κ1) is 14.6. The molecule has 0 saturated heterocycles. The molecule has 19 heavy (non-hydrogen) atoms. The first-order valence-electron chi connectivity index (χ1n) is 5.66. The second-order valence-corrected chi connectivity index (χ2v) is 4.36. The number of phenols is 2. The summed E-state index contributed by atoms with van der Waals surface area (Å²) in [6, 6.07) is 3.52. The van der Waals surface area contributed by atoms with E-state index >= 15 is 0 Å². The third kappa shape index (κ3) is 3.27. The van der Waals surface area contributed by atoms with Crippen molar-refractivity contribution in [3.8, 4) is 11.5 Å². The topological polar surface area (TPSA) is 128 Å². The fraction of sp³-hybridized carbons (Fsp3) is 0.333. The van der Waals surface area contributed by atoms with Gasteiger partial charge in [0.25, 0.3) is 5.91 Å². The van der Waals surface area contributed by atoms with Crippen molar-refractivity contribution in [3.05, 3.63) is 23.8 Å². The van der Waals surface area contributed by atoms with Crippen LogP contribution in [0.4, 0.5) is 0 Å². The number of amides is 1. The molecule has 0 aliphatic rings. The minimum Gasteiger partial charge on any atom is -0.508 e. The van der Waals surface area contributed by atoms with Gasteiger partial charge in [0.05, 0.1) is 5.54 Å². The number of aromatic hydroxyl groups is 2. The molecule has 1 aromatic rings. The first-order valence-corrected chi connectivity index (χ1v) is 5.66. The van der Waals surface area contributed by atoms with Gasteiger partial charge in [-0.2, -0.15) is 0 Å². The van der Waals surface area contributed by atoms with Crippen molar-refractivity contribution in [1.82, 2.24) is 5.32 Å². The van der Waals surface area contributed by atoms with E-state index in [1.165, 1.54) is 12.1 Å². The number of carbonyl (C=O) groups excluding carboxylic acids is 1. The van der Waals surface area contributed by atoms with Gasteiger partial charge in [-0.25, -0.2) is 0 Å². The number of hydrogen-bond donors (Lipinski definition) is 5. The highest BCUT2D eigenvalue weighted by Gasteiger charge is 2.30. The van der Waals surface area contributed by atoms with Crippen LogP contribution < -0.4 is 11.1 Å². The Hall–Kier alpha value is -2.44. The fourth-order valence-corrected chi connectivity index (χ4v) is 1.49. The number of nitrogens with zero attached hydrogens (tertiary/aromatic N) is 1. The first-order chi connectivity index (χ1) is 8.82. The van der Waals surface area contributed by atoms with E-state index in [1.54, 1.807) is 13.8 Å². The predicted octanol–water partition coefficient (Wildman–Crippen LogP) is 0.743. The predicted molar refractivity (Wildman–Crippen MR) is 69.3 cm³/mol. The molecule has 0 fully saturated rings. The summed E-state index contributed by atoms with van der Waals surface area (Å²) < 4.78 is 0. The zero-order valence-electron chi connectivity index (χ0n) is 10.7. The van der Waals surface area contributed by atoms with Gasteiger partial charge in [0, 0.05) is 11.6 Å². The Labute approximate surface area is 110 Å². The van der Waals surface area contributed by atoms with Gasteiger partial charge < -0.3 is 26.5 Å². The number of phenolic OH excluding ortho intramolecular Hbond substituents is 2. The lowest BCUT2D eigenvalue weighted by atomic mass is 9.96. The molecule has 6 N–H and O–H groups in total. The van der Waals surface area contributed by atoms with Crippen LogP contribution in [0.15, 0.2) is 23.4 Å². The molecule has 0 aromatic heterocycles. The number of carbonyl (C=O) groups is 1. The molecule has 0 saturated carbocycles. The summed E-state index contributed by atoms with van der Waals surface area (Å²) in [5.74, 6) is -1.14. The number of nitrogens with two attached hydrogens (primary N) is 1. The molecule has 7 heteroatoms. The minimum absolute atomic E-state index is 0.0721. The Morgan fingerprint density at radius 2 is 1.89 bits per heavy atom. The smallest absolute Gasteiger partial charge is 0.252 e. The minimum atomic E-state index is -1.02. The maximum Gasteiger partial charge on any atom is 0.252 e. The van der Waals surface area contributed by atoms with E-state index in [1.807, 2.05) is 0 Å². The number of oxime groups is 1. The van der Waals surface area contributed by atoms with Crippen molar-refractivity contribution in [2.45, 2.75) is 25.8 Å². The molecule has 1 aromatic carbocycles. The third-order valence-electron chi connectivity index (χ3n) is 2.93. The SMILES string of the molecule is CCC(C)(NC(=O)c1cc(O)cc(O)c1)/C(N)=N/O. The molecule has 1 unspecified atom stereocenters. The van der Waals surface area contributed by atoms with Gasteiger partial charge in [0.15, 0.2) is 5.84 Å². The number of amidine groups is 1. The van der Waals surface area contributed by atoms with Crippen LogP contribution in [-0.2, 0) is 0 Å². The summed E-state index contributed by atoms with van der Waals surface area (Å²) in [7, 11) is 0. The summed E-state index contributed by atoms with van der Waals surface area (Å²) in [6.07, 6.45) is 0.402. The lowest BCUT2D eigenvalue weighted by molar-refractivity contribution is 0.0924. The highest BCUT2D eigenvalue weighted by molar-refractivity contribution is 6.00. The van der Waals surface area contributed by atoms with Gasteiger partial charge in [0.2, 0.25) is 0 Å². The van der Waals surface area contributed by atoms with Crippen LogP contribution >= 0.6 is 0 Å². The molecule has 1 amide bonds. The maximum absolute atomic E-state index is 12.0. The van der Waals surface area contributed by atoms with Crippen molar-refractivity contribution >= 4 is 11.7 Å². The van der Waals surface area contributed by atoms with Crippen LogP contribution in [0.2, 0.25) is 0 Å². The molecule has 1 atom stereocenters. The van der Waals surface area contributed by atoms with Gasteiger partial charge in [-0.05, 0) is 25.5 Å². The molecule has 0 aliphatic heterocycles. The highest BCUT2D eigenvalue weighted by atomic mass is 16.4. The zero-order valence-corrected chi connectivity index (χ0v) is 10.7. The third-order valence-corrected chi connectivity index (χ3v) is 2.93.